The molecule has 2 unspecified atom stereocenters. The largest absolute Gasteiger partial charge is 0.299 e. The van der Waals surface area contributed by atoms with Crippen LogP contribution in [-0.4, -0.2) is 17.3 Å². The summed E-state index contributed by atoms with van der Waals surface area (Å²) >= 11 is 0. The Morgan fingerprint density at radius 3 is 1.39 bits per heavy atom. The van der Waals surface area contributed by atoms with Gasteiger partial charge in [0.2, 0.25) is 0 Å². The van der Waals surface area contributed by atoms with Crippen molar-refractivity contribution in [1.82, 2.24) is 0 Å². The zero-order valence-corrected chi connectivity index (χ0v) is 12.5. The Balaban J connectivity index is 5.50. The van der Waals surface area contributed by atoms with Crippen LogP contribution >= 0.6 is 0 Å². The van der Waals surface area contributed by atoms with Crippen molar-refractivity contribution < 1.29 is 14.4 Å². The topological polar surface area (TPSA) is 51.2 Å². The van der Waals surface area contributed by atoms with Crippen LogP contribution in [0.5, 0.6) is 0 Å². The molecule has 0 spiro atoms. The highest BCUT2D eigenvalue weighted by molar-refractivity contribution is 5.96. The molecule has 0 N–H and O–H groups in total. The minimum atomic E-state index is -0.866. The standard InChI is InChI=1S/C15H26O3/c1-7-12(16)10(4)15(6,14(18)9-3)11(5)13(17)8-2/h10-11H,7-9H2,1-6H3. The van der Waals surface area contributed by atoms with Gasteiger partial charge in [0.15, 0.2) is 0 Å². The molecule has 0 aromatic rings. The lowest BCUT2D eigenvalue weighted by atomic mass is 9.62. The van der Waals surface area contributed by atoms with Crippen LogP contribution in [0.25, 0.3) is 0 Å². The second-order valence-electron chi connectivity index (χ2n) is 5.14. The Bertz CT molecular complexity index is 309. The van der Waals surface area contributed by atoms with E-state index in [4.69, 9.17) is 0 Å². The van der Waals surface area contributed by atoms with Gasteiger partial charge in [-0.3, -0.25) is 14.4 Å². The fraction of sp³-hybridized carbons (Fsp3) is 0.800. The molecule has 0 aromatic heterocycles. The highest BCUT2D eigenvalue weighted by Crippen LogP contribution is 2.39. The van der Waals surface area contributed by atoms with E-state index in [1.54, 1.807) is 41.5 Å². The fourth-order valence-electron chi connectivity index (χ4n) is 2.52. The van der Waals surface area contributed by atoms with Crippen LogP contribution in [0.1, 0.15) is 60.8 Å². The van der Waals surface area contributed by atoms with Gasteiger partial charge in [-0.05, 0) is 0 Å². The predicted molar refractivity (Wildman–Crippen MR) is 72.3 cm³/mol. The first-order chi connectivity index (χ1) is 8.27. The second-order valence-corrected chi connectivity index (χ2v) is 5.14. The number of hydrogen-bond donors (Lipinski definition) is 0. The molecule has 0 bridgehead atoms. The van der Waals surface area contributed by atoms with E-state index in [1.165, 1.54) is 0 Å². The maximum atomic E-state index is 12.3. The number of rotatable bonds is 8. The molecule has 3 nitrogen and oxygen atoms in total. The Hall–Kier alpha value is -0.990. The van der Waals surface area contributed by atoms with Crippen LogP contribution in [-0.2, 0) is 14.4 Å². The average molecular weight is 254 g/mol. The first-order valence-electron chi connectivity index (χ1n) is 6.85. The SMILES string of the molecule is CCC(=O)C(C)C(C)(C(=O)CC)C(C)C(=O)CC. The summed E-state index contributed by atoms with van der Waals surface area (Å²) in [7, 11) is 0. The summed E-state index contributed by atoms with van der Waals surface area (Å²) in [5.41, 5.74) is -0.866. The molecule has 0 radical (unpaired) electrons. The van der Waals surface area contributed by atoms with Gasteiger partial charge in [0.1, 0.15) is 17.3 Å². The minimum absolute atomic E-state index is 0.00565. The van der Waals surface area contributed by atoms with Crippen LogP contribution in [0.2, 0.25) is 0 Å². The van der Waals surface area contributed by atoms with Gasteiger partial charge in [0.25, 0.3) is 0 Å². The summed E-state index contributed by atoms with van der Waals surface area (Å²) in [6.07, 6.45) is 1.17. The Morgan fingerprint density at radius 1 is 0.833 bits per heavy atom. The summed E-state index contributed by atoms with van der Waals surface area (Å²) < 4.78 is 0. The summed E-state index contributed by atoms with van der Waals surface area (Å²) in [6.45, 7) is 10.7. The van der Waals surface area contributed by atoms with Gasteiger partial charge >= 0.3 is 0 Å². The smallest absolute Gasteiger partial charge is 0.139 e. The van der Waals surface area contributed by atoms with E-state index in [0.29, 0.717) is 19.3 Å². The molecule has 0 saturated carbocycles. The van der Waals surface area contributed by atoms with Crippen molar-refractivity contribution >= 4 is 17.3 Å². The number of carbonyl (C=O) groups is 3. The van der Waals surface area contributed by atoms with Crippen LogP contribution < -0.4 is 0 Å². The first kappa shape index (κ1) is 17.0. The monoisotopic (exact) mass is 254 g/mol. The van der Waals surface area contributed by atoms with E-state index >= 15 is 0 Å². The molecule has 3 heteroatoms. The maximum absolute atomic E-state index is 12.3. The summed E-state index contributed by atoms with van der Waals surface area (Å²) in [4.78, 5) is 36.1. The molecule has 0 aliphatic carbocycles. The van der Waals surface area contributed by atoms with Crippen molar-refractivity contribution in [2.45, 2.75) is 60.8 Å². The summed E-state index contributed by atoms with van der Waals surface area (Å²) in [5, 5.41) is 0. The number of carbonyl (C=O) groups excluding carboxylic acids is 3. The summed E-state index contributed by atoms with van der Waals surface area (Å²) in [5.74, 6) is -0.697. The lowest BCUT2D eigenvalue weighted by Crippen LogP contribution is -2.46. The van der Waals surface area contributed by atoms with Crippen molar-refractivity contribution in [2.24, 2.45) is 17.3 Å². The van der Waals surface area contributed by atoms with Crippen LogP contribution in [0.3, 0.4) is 0 Å². The molecule has 0 aromatic carbocycles. The van der Waals surface area contributed by atoms with Gasteiger partial charge in [0, 0.05) is 36.5 Å². The third-order valence-electron chi connectivity index (χ3n) is 4.38. The normalized spacial score (nSPS) is 17.7. The first-order valence-corrected chi connectivity index (χ1v) is 6.85. The zero-order valence-electron chi connectivity index (χ0n) is 12.5. The minimum Gasteiger partial charge on any atom is -0.299 e. The van der Waals surface area contributed by atoms with Crippen LogP contribution in [0, 0.1) is 17.3 Å². The van der Waals surface area contributed by atoms with Crippen LogP contribution in [0.4, 0.5) is 0 Å². The van der Waals surface area contributed by atoms with Gasteiger partial charge in [-0.2, -0.15) is 0 Å². The molecule has 0 fully saturated rings. The molecule has 0 amide bonds. The van der Waals surface area contributed by atoms with Crippen LogP contribution in [0.15, 0.2) is 0 Å². The third kappa shape index (κ3) is 3.06. The van der Waals surface area contributed by atoms with Gasteiger partial charge in [-0.1, -0.05) is 41.5 Å². The molecular formula is C15H26O3. The predicted octanol–water partition coefficient (Wildman–Crippen LogP) is 3.20. The van der Waals surface area contributed by atoms with Gasteiger partial charge < -0.3 is 0 Å². The van der Waals surface area contributed by atoms with E-state index in [9.17, 15) is 14.4 Å². The lowest BCUT2D eigenvalue weighted by Gasteiger charge is -2.37. The zero-order chi connectivity index (χ0) is 14.5. The second kappa shape index (κ2) is 6.81. The van der Waals surface area contributed by atoms with Gasteiger partial charge in [-0.25, -0.2) is 0 Å². The van der Waals surface area contributed by atoms with E-state index in [0.717, 1.165) is 0 Å². The quantitative estimate of drug-likeness (QED) is 0.668. The molecule has 0 rings (SSSR count). The molecular weight excluding hydrogens is 228 g/mol. The Morgan fingerprint density at radius 2 is 1.17 bits per heavy atom. The van der Waals surface area contributed by atoms with E-state index in [-0.39, 0.29) is 17.3 Å². The lowest BCUT2D eigenvalue weighted by molar-refractivity contribution is -0.146. The Labute approximate surface area is 110 Å². The van der Waals surface area contributed by atoms with Crippen molar-refractivity contribution in [3.8, 4) is 0 Å². The molecule has 104 valence electrons. The van der Waals surface area contributed by atoms with Crippen molar-refractivity contribution in [3.05, 3.63) is 0 Å². The molecule has 0 saturated heterocycles. The van der Waals surface area contributed by atoms with Gasteiger partial charge in [-0.15, -0.1) is 0 Å². The van der Waals surface area contributed by atoms with E-state index < -0.39 is 17.3 Å². The third-order valence-corrected chi connectivity index (χ3v) is 4.38. The molecule has 0 aliphatic heterocycles. The Kier molecular flexibility index (Phi) is 6.44. The fourth-order valence-corrected chi connectivity index (χ4v) is 2.52. The van der Waals surface area contributed by atoms with Crippen molar-refractivity contribution in [3.63, 3.8) is 0 Å². The summed E-state index contributed by atoms with van der Waals surface area (Å²) in [6, 6.07) is 0. The van der Waals surface area contributed by atoms with Gasteiger partial charge in [0.05, 0.1) is 0 Å². The van der Waals surface area contributed by atoms with E-state index in [2.05, 4.69) is 0 Å². The molecule has 0 heterocycles. The number of Topliss-reactive ketones (excluding diaryl/α,β-unsaturated/α-hetero) is 3. The maximum Gasteiger partial charge on any atom is 0.139 e. The number of hydrogen-bond acceptors (Lipinski definition) is 3. The number of ketones is 3. The average Bonchev–Trinajstić information content (AvgIpc) is 2.41. The van der Waals surface area contributed by atoms with Crippen molar-refractivity contribution in [2.75, 3.05) is 0 Å². The van der Waals surface area contributed by atoms with E-state index in [1.807, 2.05) is 0 Å². The van der Waals surface area contributed by atoms with Crippen molar-refractivity contribution in [1.29, 1.82) is 0 Å². The molecule has 0 aliphatic rings. The molecule has 18 heavy (non-hydrogen) atoms. The highest BCUT2D eigenvalue weighted by atomic mass is 16.1. The highest BCUT2D eigenvalue weighted by Gasteiger charge is 2.46. The molecule has 2 atom stereocenters.